The molecule has 0 aliphatic carbocycles. The van der Waals surface area contributed by atoms with Crippen LogP contribution in [0.3, 0.4) is 0 Å². The molecule has 0 saturated carbocycles. The Balaban J connectivity index is 2.42. The molecule has 0 amide bonds. The zero-order chi connectivity index (χ0) is 15.4. The average molecular weight is 292 g/mol. The van der Waals surface area contributed by atoms with Crippen molar-refractivity contribution in [1.29, 1.82) is 0 Å². The second kappa shape index (κ2) is 6.17. The van der Waals surface area contributed by atoms with Crippen LogP contribution in [-0.2, 0) is 6.42 Å². The van der Waals surface area contributed by atoms with Crippen molar-refractivity contribution in [3.05, 3.63) is 41.6 Å². The van der Waals surface area contributed by atoms with E-state index >= 15 is 0 Å². The Morgan fingerprint density at radius 2 is 2.14 bits per heavy atom. The molecule has 0 atom stereocenters. The molecule has 2 rings (SSSR count). The van der Waals surface area contributed by atoms with E-state index in [-0.39, 0.29) is 22.9 Å². The average Bonchev–Trinajstić information content (AvgIpc) is 2.49. The summed E-state index contributed by atoms with van der Waals surface area (Å²) in [5.74, 6) is -1.89. The molecule has 1 aromatic carbocycles. The molecule has 1 N–H and O–H groups in total. The van der Waals surface area contributed by atoms with Gasteiger partial charge in [0.2, 0.25) is 5.82 Å². The number of benzene rings is 1. The van der Waals surface area contributed by atoms with Crippen LogP contribution in [-0.4, -0.2) is 28.2 Å². The molecule has 6 nitrogen and oxygen atoms in total. The minimum absolute atomic E-state index is 0.0250. The lowest BCUT2D eigenvalue weighted by Gasteiger charge is -2.10. The van der Waals surface area contributed by atoms with E-state index in [0.29, 0.717) is 12.2 Å². The Hall–Kier alpha value is -2.70. The van der Waals surface area contributed by atoms with Crippen LogP contribution < -0.4 is 9.47 Å². The van der Waals surface area contributed by atoms with E-state index in [1.54, 1.807) is 6.92 Å². The van der Waals surface area contributed by atoms with Gasteiger partial charge in [0.1, 0.15) is 23.4 Å². The van der Waals surface area contributed by atoms with Gasteiger partial charge in [-0.3, -0.25) is 0 Å². The van der Waals surface area contributed by atoms with E-state index in [9.17, 15) is 14.3 Å². The van der Waals surface area contributed by atoms with Gasteiger partial charge in [0, 0.05) is 0 Å². The lowest BCUT2D eigenvalue weighted by molar-refractivity contribution is 0.0693. The normalized spacial score (nSPS) is 10.2. The molecule has 0 aliphatic rings. The number of aromatic carboxylic acids is 1. The molecular formula is C14H13FN2O4. The molecule has 2 aromatic rings. The monoisotopic (exact) mass is 292 g/mol. The molecule has 7 heteroatoms. The minimum Gasteiger partial charge on any atom is -0.497 e. The van der Waals surface area contributed by atoms with E-state index in [2.05, 4.69) is 9.97 Å². The summed E-state index contributed by atoms with van der Waals surface area (Å²) in [6.07, 6.45) is 1.54. The summed E-state index contributed by atoms with van der Waals surface area (Å²) in [6, 6.07) is 4.19. The van der Waals surface area contributed by atoms with Gasteiger partial charge in [0.15, 0.2) is 0 Å². The predicted octanol–water partition coefficient (Wildman–Crippen LogP) is 2.68. The smallest absolute Gasteiger partial charge is 0.339 e. The van der Waals surface area contributed by atoms with Gasteiger partial charge in [-0.1, -0.05) is 6.92 Å². The van der Waals surface area contributed by atoms with Gasteiger partial charge in [-0.25, -0.2) is 9.78 Å². The first kappa shape index (κ1) is 14.7. The highest BCUT2D eigenvalue weighted by atomic mass is 19.1. The van der Waals surface area contributed by atoms with Crippen molar-refractivity contribution in [1.82, 2.24) is 9.97 Å². The van der Waals surface area contributed by atoms with E-state index < -0.39 is 11.8 Å². The van der Waals surface area contributed by atoms with Crippen molar-refractivity contribution in [3.8, 4) is 17.4 Å². The molecule has 1 heterocycles. The van der Waals surface area contributed by atoms with Crippen LogP contribution in [0, 0.1) is 5.82 Å². The standard InChI is InChI=1S/C14H13FN2O4/c1-3-10-12(15)13(17-7-16-10)21-11-5-4-8(20-2)6-9(11)14(18)19/h4-7H,3H2,1-2H3,(H,18,19). The maximum absolute atomic E-state index is 14.0. The number of hydrogen-bond acceptors (Lipinski definition) is 5. The molecule has 1 aromatic heterocycles. The Bertz CT molecular complexity index is 676. The van der Waals surface area contributed by atoms with Crippen LogP contribution in [0.4, 0.5) is 4.39 Å². The summed E-state index contributed by atoms with van der Waals surface area (Å²) in [5, 5.41) is 9.17. The summed E-state index contributed by atoms with van der Waals surface area (Å²) < 4.78 is 24.2. The minimum atomic E-state index is -1.21. The quantitative estimate of drug-likeness (QED) is 0.912. The SMILES string of the molecule is CCc1ncnc(Oc2ccc(OC)cc2C(=O)O)c1F. The molecule has 0 fully saturated rings. The van der Waals surface area contributed by atoms with E-state index in [0.717, 1.165) is 0 Å². The fraction of sp³-hybridized carbons (Fsp3) is 0.214. The molecule has 0 unspecified atom stereocenters. The Kier molecular flexibility index (Phi) is 4.32. The highest BCUT2D eigenvalue weighted by molar-refractivity contribution is 5.91. The van der Waals surface area contributed by atoms with Crippen molar-refractivity contribution in [2.45, 2.75) is 13.3 Å². The third kappa shape index (κ3) is 3.07. The van der Waals surface area contributed by atoms with Gasteiger partial charge in [0.05, 0.1) is 12.8 Å². The predicted molar refractivity (Wildman–Crippen MR) is 71.4 cm³/mol. The molecule has 0 spiro atoms. The van der Waals surface area contributed by atoms with E-state index in [4.69, 9.17) is 9.47 Å². The van der Waals surface area contributed by atoms with Crippen LogP contribution in [0.15, 0.2) is 24.5 Å². The Labute approximate surface area is 120 Å². The van der Waals surface area contributed by atoms with E-state index in [1.165, 1.54) is 31.6 Å². The van der Waals surface area contributed by atoms with Gasteiger partial charge in [0.25, 0.3) is 5.88 Å². The first-order valence-electron chi connectivity index (χ1n) is 6.15. The molecule has 0 radical (unpaired) electrons. The first-order chi connectivity index (χ1) is 10.1. The molecule has 0 saturated heterocycles. The number of rotatable bonds is 5. The summed E-state index contributed by atoms with van der Waals surface area (Å²) in [7, 11) is 1.42. The van der Waals surface area contributed by atoms with Crippen molar-refractivity contribution in [2.24, 2.45) is 0 Å². The topological polar surface area (TPSA) is 81.5 Å². The molecule has 0 aliphatic heterocycles. The molecule has 21 heavy (non-hydrogen) atoms. The molecule has 110 valence electrons. The molecular weight excluding hydrogens is 279 g/mol. The van der Waals surface area contributed by atoms with Crippen molar-refractivity contribution in [3.63, 3.8) is 0 Å². The van der Waals surface area contributed by atoms with Gasteiger partial charge >= 0.3 is 5.97 Å². The number of carbonyl (C=O) groups is 1. The van der Waals surface area contributed by atoms with Gasteiger partial charge in [-0.05, 0) is 24.6 Å². The number of nitrogens with zero attached hydrogens (tertiary/aromatic N) is 2. The summed E-state index contributed by atoms with van der Waals surface area (Å²) >= 11 is 0. The highest BCUT2D eigenvalue weighted by Crippen LogP contribution is 2.29. The van der Waals surface area contributed by atoms with Crippen LogP contribution in [0.25, 0.3) is 0 Å². The third-order valence-electron chi connectivity index (χ3n) is 2.79. The number of hydrogen-bond donors (Lipinski definition) is 1. The van der Waals surface area contributed by atoms with Gasteiger partial charge in [-0.15, -0.1) is 0 Å². The van der Waals surface area contributed by atoms with Crippen molar-refractivity contribution < 1.29 is 23.8 Å². The third-order valence-corrected chi connectivity index (χ3v) is 2.79. The number of methoxy groups -OCH3 is 1. The largest absolute Gasteiger partial charge is 0.497 e. The zero-order valence-corrected chi connectivity index (χ0v) is 11.5. The lowest BCUT2D eigenvalue weighted by atomic mass is 10.2. The van der Waals surface area contributed by atoms with Crippen molar-refractivity contribution >= 4 is 5.97 Å². The maximum Gasteiger partial charge on any atom is 0.339 e. The number of aryl methyl sites for hydroxylation is 1. The first-order valence-corrected chi connectivity index (χ1v) is 6.15. The van der Waals surface area contributed by atoms with Crippen LogP contribution in [0.5, 0.6) is 17.4 Å². The van der Waals surface area contributed by atoms with Crippen molar-refractivity contribution in [2.75, 3.05) is 7.11 Å². The fourth-order valence-corrected chi connectivity index (χ4v) is 1.70. The molecule has 0 bridgehead atoms. The lowest BCUT2D eigenvalue weighted by Crippen LogP contribution is -2.04. The Morgan fingerprint density at radius 3 is 2.76 bits per heavy atom. The van der Waals surface area contributed by atoms with Gasteiger partial charge < -0.3 is 14.6 Å². The maximum atomic E-state index is 14.0. The summed E-state index contributed by atoms with van der Waals surface area (Å²) in [6.45, 7) is 1.74. The summed E-state index contributed by atoms with van der Waals surface area (Å²) in [4.78, 5) is 18.7. The van der Waals surface area contributed by atoms with E-state index in [1.807, 2.05) is 0 Å². The van der Waals surface area contributed by atoms with Crippen LogP contribution in [0.2, 0.25) is 0 Å². The Morgan fingerprint density at radius 1 is 1.38 bits per heavy atom. The second-order valence-electron chi connectivity index (χ2n) is 4.06. The number of carboxylic acids is 1. The highest BCUT2D eigenvalue weighted by Gasteiger charge is 2.17. The van der Waals surface area contributed by atoms with Gasteiger partial charge in [-0.2, -0.15) is 9.37 Å². The zero-order valence-electron chi connectivity index (χ0n) is 11.5. The number of aromatic nitrogens is 2. The van der Waals surface area contributed by atoms with Crippen LogP contribution in [0.1, 0.15) is 23.0 Å². The van der Waals surface area contributed by atoms with Crippen LogP contribution >= 0.6 is 0 Å². The number of ether oxygens (including phenoxy) is 2. The number of halogens is 1. The second-order valence-corrected chi connectivity index (χ2v) is 4.06. The summed E-state index contributed by atoms with van der Waals surface area (Å²) in [5.41, 5.74) is 0.0517. The number of carboxylic acid groups (broad SMARTS) is 1. The fourth-order valence-electron chi connectivity index (χ4n) is 1.70.